The Morgan fingerprint density at radius 1 is 0.853 bits per heavy atom. The average Bonchev–Trinajstić information content (AvgIpc) is 3.42. The average molecular weight is 450 g/mol. The molecule has 0 amide bonds. The molecule has 4 N–H and O–H groups in total. The van der Waals surface area contributed by atoms with Crippen LogP contribution in [0.5, 0.6) is 0 Å². The van der Waals surface area contributed by atoms with E-state index < -0.39 is 0 Å². The van der Waals surface area contributed by atoms with Crippen molar-refractivity contribution in [2.75, 3.05) is 11.2 Å². The number of tetrazole rings is 1. The highest BCUT2D eigenvalue weighted by atomic mass is 16.1. The van der Waals surface area contributed by atoms with E-state index in [4.69, 9.17) is 5.84 Å². The molecule has 0 radical (unpaired) electrons. The number of anilines is 1. The number of nitrogens with one attached hydrogen (secondary N) is 2. The molecule has 2 heterocycles. The van der Waals surface area contributed by atoms with Gasteiger partial charge in [0.05, 0.1) is 0 Å². The molecule has 0 fully saturated rings. The summed E-state index contributed by atoms with van der Waals surface area (Å²) in [6, 6.07) is 28.0. The molecule has 0 saturated carbocycles. The summed E-state index contributed by atoms with van der Waals surface area (Å²) in [6.45, 7) is 0.494. The summed E-state index contributed by atoms with van der Waals surface area (Å²) < 4.78 is 1.11. The lowest BCUT2D eigenvalue weighted by atomic mass is 9.98. The molecule has 8 nitrogen and oxygen atoms in total. The van der Waals surface area contributed by atoms with Crippen LogP contribution in [-0.4, -0.2) is 25.3 Å². The summed E-state index contributed by atoms with van der Waals surface area (Å²) in [6.07, 6.45) is 2.24. The van der Waals surface area contributed by atoms with Gasteiger partial charge in [-0.25, -0.2) is 4.68 Å². The maximum Gasteiger partial charge on any atom is 0.292 e. The number of nitrogen functional groups attached to an aromatic ring is 1. The van der Waals surface area contributed by atoms with Crippen molar-refractivity contribution in [3.05, 3.63) is 118 Å². The van der Waals surface area contributed by atoms with Gasteiger partial charge in [0.15, 0.2) is 0 Å². The van der Waals surface area contributed by atoms with Gasteiger partial charge in [0.25, 0.3) is 5.56 Å². The lowest BCUT2D eigenvalue weighted by molar-refractivity contribution is 0.881. The third-order valence-electron chi connectivity index (χ3n) is 5.69. The van der Waals surface area contributed by atoms with E-state index in [0.29, 0.717) is 24.5 Å². The van der Waals surface area contributed by atoms with Gasteiger partial charge in [-0.3, -0.25) is 4.79 Å². The van der Waals surface area contributed by atoms with Crippen LogP contribution >= 0.6 is 0 Å². The maximum atomic E-state index is 12.7. The minimum Gasteiger partial charge on any atom is -0.376 e. The molecule has 2 aromatic heterocycles. The summed E-state index contributed by atoms with van der Waals surface area (Å²) in [5.74, 6) is 6.39. The van der Waals surface area contributed by atoms with Crippen molar-refractivity contribution in [3.8, 4) is 22.5 Å². The van der Waals surface area contributed by atoms with E-state index in [1.54, 1.807) is 6.20 Å². The number of hydrogen-bond acceptors (Lipinski definition) is 6. The van der Waals surface area contributed by atoms with E-state index in [-0.39, 0.29) is 5.56 Å². The minimum atomic E-state index is -0.251. The first-order valence-corrected chi connectivity index (χ1v) is 10.9. The van der Waals surface area contributed by atoms with Gasteiger partial charge in [-0.05, 0) is 45.5 Å². The second-order valence-electron chi connectivity index (χ2n) is 7.92. The lowest BCUT2D eigenvalue weighted by Crippen LogP contribution is -2.29. The quantitative estimate of drug-likeness (QED) is 0.327. The van der Waals surface area contributed by atoms with Crippen molar-refractivity contribution >= 4 is 5.69 Å². The third-order valence-corrected chi connectivity index (χ3v) is 5.69. The highest BCUT2D eigenvalue weighted by Gasteiger charge is 2.12. The fourth-order valence-corrected chi connectivity index (χ4v) is 3.94. The third kappa shape index (κ3) is 4.42. The van der Waals surface area contributed by atoms with Crippen LogP contribution in [0.2, 0.25) is 0 Å². The molecule has 0 unspecified atom stereocenters. The zero-order valence-corrected chi connectivity index (χ0v) is 18.3. The molecule has 0 saturated heterocycles. The molecule has 3 aromatic carbocycles. The molecule has 34 heavy (non-hydrogen) atoms. The van der Waals surface area contributed by atoms with Crippen LogP contribution in [-0.2, 0) is 13.0 Å². The first-order chi connectivity index (χ1) is 16.7. The molecule has 0 aliphatic heterocycles. The fraction of sp³-hybridized carbons (Fsp3) is 0.0769. The zero-order valence-electron chi connectivity index (χ0n) is 18.3. The Bertz CT molecular complexity index is 1440. The first-order valence-electron chi connectivity index (χ1n) is 10.9. The van der Waals surface area contributed by atoms with Crippen molar-refractivity contribution in [3.63, 3.8) is 0 Å². The van der Waals surface area contributed by atoms with Gasteiger partial charge in [0, 0.05) is 18.3 Å². The second-order valence-corrected chi connectivity index (χ2v) is 7.92. The van der Waals surface area contributed by atoms with E-state index >= 15 is 0 Å². The van der Waals surface area contributed by atoms with Crippen molar-refractivity contribution in [2.24, 2.45) is 0 Å². The molecule has 0 bridgehead atoms. The van der Waals surface area contributed by atoms with Crippen LogP contribution < -0.4 is 16.7 Å². The Kier molecular flexibility index (Phi) is 5.85. The number of aromatic nitrogens is 5. The van der Waals surface area contributed by atoms with E-state index in [1.165, 1.54) is 0 Å². The Hall–Kier alpha value is -4.72. The Labute approximate surface area is 196 Å². The van der Waals surface area contributed by atoms with Gasteiger partial charge in [-0.2, -0.15) is 5.21 Å². The highest BCUT2D eigenvalue weighted by Crippen LogP contribution is 2.29. The molecule has 5 rings (SSSR count). The zero-order chi connectivity index (χ0) is 23.3. The van der Waals surface area contributed by atoms with Crippen LogP contribution in [0.4, 0.5) is 5.69 Å². The van der Waals surface area contributed by atoms with Crippen LogP contribution in [0.25, 0.3) is 22.5 Å². The van der Waals surface area contributed by atoms with Crippen LogP contribution in [0, 0.1) is 0 Å². The molecule has 0 spiro atoms. The Balaban J connectivity index is 1.37. The highest BCUT2D eigenvalue weighted by molar-refractivity contribution is 5.80. The van der Waals surface area contributed by atoms with Gasteiger partial charge < -0.3 is 11.2 Å². The fourth-order valence-electron chi connectivity index (χ4n) is 3.94. The molecule has 0 aliphatic rings. The number of hydrogen-bond donors (Lipinski definition) is 3. The van der Waals surface area contributed by atoms with Crippen LogP contribution in [0.15, 0.2) is 95.9 Å². The standard InChI is InChI=1S/C26H23N7O/c27-33-15-14-21(16-18-6-2-1-3-7-18)24(26(33)34)28-17-19-10-12-20(13-11-19)22-8-4-5-9-23(22)25-29-31-32-30-25/h1-15,28H,16-17,27H2,(H,29,30,31,32). The first kappa shape index (κ1) is 21.1. The van der Waals surface area contributed by atoms with Gasteiger partial charge in [0.2, 0.25) is 5.82 Å². The molecule has 0 aliphatic carbocycles. The van der Waals surface area contributed by atoms with Crippen molar-refractivity contribution in [1.29, 1.82) is 0 Å². The SMILES string of the molecule is Nn1ccc(Cc2ccccc2)c(NCc2ccc(-c3ccccc3-c3nn[nH]n3)cc2)c1=O. The number of pyridine rings is 1. The van der Waals surface area contributed by atoms with Gasteiger partial charge in [-0.1, -0.05) is 78.9 Å². The lowest BCUT2D eigenvalue weighted by Gasteiger charge is -2.14. The van der Waals surface area contributed by atoms with E-state index in [9.17, 15) is 4.79 Å². The summed E-state index contributed by atoms with van der Waals surface area (Å²) >= 11 is 0. The minimum absolute atomic E-state index is 0.251. The van der Waals surface area contributed by atoms with E-state index in [0.717, 1.165) is 38.1 Å². The van der Waals surface area contributed by atoms with Crippen LogP contribution in [0.1, 0.15) is 16.7 Å². The Morgan fingerprint density at radius 3 is 2.32 bits per heavy atom. The van der Waals surface area contributed by atoms with Crippen molar-refractivity contribution in [2.45, 2.75) is 13.0 Å². The number of nitrogens with zero attached hydrogens (tertiary/aromatic N) is 4. The monoisotopic (exact) mass is 449 g/mol. The summed E-state index contributed by atoms with van der Waals surface area (Å²) in [7, 11) is 0. The molecular formula is C26H23N7O. The van der Waals surface area contributed by atoms with Crippen LogP contribution in [0.3, 0.4) is 0 Å². The number of H-pyrrole nitrogens is 1. The number of aromatic amines is 1. The normalized spacial score (nSPS) is 10.8. The Morgan fingerprint density at radius 2 is 1.59 bits per heavy atom. The summed E-state index contributed by atoms with van der Waals surface area (Å²) in [5, 5.41) is 17.7. The number of nitrogens with two attached hydrogens (primary N) is 1. The number of rotatable bonds is 7. The van der Waals surface area contributed by atoms with Crippen molar-refractivity contribution in [1.82, 2.24) is 25.3 Å². The van der Waals surface area contributed by atoms with Gasteiger partial charge >= 0.3 is 0 Å². The molecule has 168 valence electrons. The second kappa shape index (κ2) is 9.41. The van der Waals surface area contributed by atoms with Gasteiger partial charge in [-0.15, -0.1) is 10.2 Å². The smallest absolute Gasteiger partial charge is 0.292 e. The maximum absolute atomic E-state index is 12.7. The predicted molar refractivity (Wildman–Crippen MR) is 132 cm³/mol. The topological polar surface area (TPSA) is 115 Å². The van der Waals surface area contributed by atoms with E-state index in [1.807, 2.05) is 84.9 Å². The van der Waals surface area contributed by atoms with Crippen molar-refractivity contribution < 1.29 is 0 Å². The summed E-state index contributed by atoms with van der Waals surface area (Å²) in [5.41, 5.74) is 6.30. The largest absolute Gasteiger partial charge is 0.376 e. The summed E-state index contributed by atoms with van der Waals surface area (Å²) in [4.78, 5) is 12.7. The number of benzene rings is 3. The van der Waals surface area contributed by atoms with E-state index in [2.05, 4.69) is 25.9 Å². The molecular weight excluding hydrogens is 426 g/mol. The molecule has 0 atom stereocenters. The molecule has 5 aromatic rings. The van der Waals surface area contributed by atoms with Gasteiger partial charge in [0.1, 0.15) is 5.69 Å². The predicted octanol–water partition coefficient (Wildman–Crippen LogP) is 3.61. The molecule has 8 heteroatoms.